The second-order valence-corrected chi connectivity index (χ2v) is 4.52. The number of hydrogen-bond donors (Lipinski definition) is 1. The molecule has 1 N–H and O–H groups in total. The van der Waals surface area contributed by atoms with Crippen LogP contribution in [0.3, 0.4) is 0 Å². The highest BCUT2D eigenvalue weighted by atomic mass is 15.2. The summed E-state index contributed by atoms with van der Waals surface area (Å²) in [5.74, 6) is 1.62. The first kappa shape index (κ1) is 12.0. The molecule has 1 rings (SSSR count). The monoisotopic (exact) mass is 210 g/mol. The molecule has 1 aromatic heterocycles. The molecule has 15 heavy (non-hydrogen) atoms. The van der Waals surface area contributed by atoms with Crippen molar-refractivity contribution in [3.05, 3.63) is 12.4 Å². The van der Waals surface area contributed by atoms with Gasteiger partial charge in [-0.25, -0.2) is 4.98 Å². The molecule has 0 saturated heterocycles. The van der Waals surface area contributed by atoms with Gasteiger partial charge < -0.3 is 14.8 Å². The zero-order chi connectivity index (χ0) is 11.3. The van der Waals surface area contributed by atoms with Gasteiger partial charge in [-0.05, 0) is 20.0 Å². The lowest BCUT2D eigenvalue weighted by atomic mass is 10.2. The number of nitrogens with zero attached hydrogens (tertiary/aromatic N) is 3. The minimum atomic E-state index is 0.643. The number of hydrogen-bond acceptors (Lipinski definition) is 3. The molecule has 0 unspecified atom stereocenters. The number of anilines is 1. The maximum atomic E-state index is 4.30. The van der Waals surface area contributed by atoms with E-state index in [4.69, 9.17) is 0 Å². The van der Waals surface area contributed by atoms with E-state index in [1.807, 2.05) is 12.4 Å². The van der Waals surface area contributed by atoms with E-state index in [0.717, 1.165) is 25.6 Å². The average Bonchev–Trinajstić information content (AvgIpc) is 2.58. The van der Waals surface area contributed by atoms with Crippen LogP contribution in [0, 0.1) is 5.92 Å². The number of likely N-dealkylation sites (N-methyl/N-ethyl adjacent to an activating group) is 1. The third-order valence-corrected chi connectivity index (χ3v) is 2.17. The first-order valence-electron chi connectivity index (χ1n) is 5.49. The van der Waals surface area contributed by atoms with Crippen LogP contribution in [0.1, 0.15) is 13.8 Å². The third kappa shape index (κ3) is 4.34. The zero-order valence-electron chi connectivity index (χ0n) is 10.2. The fraction of sp³-hybridized carbons (Fsp3) is 0.727. The lowest BCUT2D eigenvalue weighted by Gasteiger charge is -2.13. The molecule has 0 aliphatic rings. The summed E-state index contributed by atoms with van der Waals surface area (Å²) in [6.45, 7) is 7.37. The Morgan fingerprint density at radius 3 is 2.80 bits per heavy atom. The summed E-state index contributed by atoms with van der Waals surface area (Å²) in [4.78, 5) is 6.47. The van der Waals surface area contributed by atoms with Gasteiger partial charge in [0.25, 0.3) is 0 Å². The Hall–Kier alpha value is -1.03. The Labute approximate surface area is 92.3 Å². The van der Waals surface area contributed by atoms with Gasteiger partial charge in [0.15, 0.2) is 0 Å². The summed E-state index contributed by atoms with van der Waals surface area (Å²) in [5, 5.41) is 3.35. The summed E-state index contributed by atoms with van der Waals surface area (Å²) < 4.78 is 2.16. The summed E-state index contributed by atoms with van der Waals surface area (Å²) >= 11 is 0. The van der Waals surface area contributed by atoms with Gasteiger partial charge in [-0.2, -0.15) is 0 Å². The van der Waals surface area contributed by atoms with Crippen molar-refractivity contribution in [3.63, 3.8) is 0 Å². The fourth-order valence-corrected chi connectivity index (χ4v) is 1.26. The van der Waals surface area contributed by atoms with Gasteiger partial charge in [0.05, 0.1) is 0 Å². The van der Waals surface area contributed by atoms with Crippen LogP contribution in [0.2, 0.25) is 0 Å². The van der Waals surface area contributed by atoms with E-state index in [9.17, 15) is 0 Å². The molecule has 0 spiro atoms. The minimum absolute atomic E-state index is 0.643. The van der Waals surface area contributed by atoms with E-state index in [-0.39, 0.29) is 0 Å². The van der Waals surface area contributed by atoms with Crippen molar-refractivity contribution < 1.29 is 0 Å². The van der Waals surface area contributed by atoms with E-state index in [0.29, 0.717) is 5.92 Å². The Morgan fingerprint density at radius 2 is 2.20 bits per heavy atom. The van der Waals surface area contributed by atoms with Crippen molar-refractivity contribution in [2.75, 3.05) is 32.5 Å². The number of nitrogens with one attached hydrogen (secondary N) is 1. The normalized spacial score (nSPS) is 11.3. The SMILES string of the molecule is CC(C)CNc1nccn1CCN(C)C. The van der Waals surface area contributed by atoms with Crippen molar-refractivity contribution in [3.8, 4) is 0 Å². The van der Waals surface area contributed by atoms with Crippen molar-refractivity contribution in [2.24, 2.45) is 5.92 Å². The van der Waals surface area contributed by atoms with E-state index in [1.54, 1.807) is 0 Å². The average molecular weight is 210 g/mol. The van der Waals surface area contributed by atoms with Crippen molar-refractivity contribution in [1.82, 2.24) is 14.5 Å². The lowest BCUT2D eigenvalue weighted by molar-refractivity contribution is 0.385. The molecule has 0 aliphatic carbocycles. The van der Waals surface area contributed by atoms with Crippen LogP contribution in [0.4, 0.5) is 5.95 Å². The van der Waals surface area contributed by atoms with E-state index in [2.05, 4.69) is 47.7 Å². The number of rotatable bonds is 6. The van der Waals surface area contributed by atoms with Gasteiger partial charge in [0.2, 0.25) is 5.95 Å². The molecule has 0 amide bonds. The molecule has 4 heteroatoms. The Balaban J connectivity index is 2.46. The highest BCUT2D eigenvalue weighted by Crippen LogP contribution is 2.05. The maximum Gasteiger partial charge on any atom is 0.202 e. The topological polar surface area (TPSA) is 33.1 Å². The van der Waals surface area contributed by atoms with Crippen LogP contribution in [-0.2, 0) is 6.54 Å². The van der Waals surface area contributed by atoms with Crippen LogP contribution in [0.5, 0.6) is 0 Å². The van der Waals surface area contributed by atoms with E-state index in [1.165, 1.54) is 0 Å². The highest BCUT2D eigenvalue weighted by molar-refractivity contribution is 5.25. The molecule has 0 saturated carbocycles. The van der Waals surface area contributed by atoms with Gasteiger partial charge in [0.1, 0.15) is 0 Å². The molecule has 0 bridgehead atoms. The van der Waals surface area contributed by atoms with E-state index >= 15 is 0 Å². The first-order valence-corrected chi connectivity index (χ1v) is 5.49. The Morgan fingerprint density at radius 1 is 1.47 bits per heavy atom. The van der Waals surface area contributed by atoms with Gasteiger partial charge in [-0.15, -0.1) is 0 Å². The van der Waals surface area contributed by atoms with Crippen molar-refractivity contribution in [2.45, 2.75) is 20.4 Å². The van der Waals surface area contributed by atoms with Crippen molar-refractivity contribution in [1.29, 1.82) is 0 Å². The lowest BCUT2D eigenvalue weighted by Crippen LogP contribution is -2.20. The molecule has 86 valence electrons. The second-order valence-electron chi connectivity index (χ2n) is 4.52. The van der Waals surface area contributed by atoms with Crippen molar-refractivity contribution >= 4 is 5.95 Å². The largest absolute Gasteiger partial charge is 0.355 e. The van der Waals surface area contributed by atoms with Gasteiger partial charge in [-0.3, -0.25) is 0 Å². The minimum Gasteiger partial charge on any atom is -0.355 e. The second kappa shape index (κ2) is 5.75. The fourth-order valence-electron chi connectivity index (χ4n) is 1.26. The summed E-state index contributed by atoms with van der Waals surface area (Å²) in [6.07, 6.45) is 3.87. The first-order chi connectivity index (χ1) is 7.09. The van der Waals surface area contributed by atoms with Crippen LogP contribution in [0.15, 0.2) is 12.4 Å². The van der Waals surface area contributed by atoms with Gasteiger partial charge in [-0.1, -0.05) is 13.8 Å². The summed E-state index contributed by atoms with van der Waals surface area (Å²) in [5.41, 5.74) is 0. The molecular formula is C11H22N4. The zero-order valence-corrected chi connectivity index (χ0v) is 10.2. The highest BCUT2D eigenvalue weighted by Gasteiger charge is 2.02. The standard InChI is InChI=1S/C11H22N4/c1-10(2)9-13-11-12-5-6-15(11)8-7-14(3)4/h5-6,10H,7-9H2,1-4H3,(H,12,13). The molecule has 1 aromatic rings. The molecule has 0 aromatic carbocycles. The predicted molar refractivity (Wildman–Crippen MR) is 64.1 cm³/mol. The quantitative estimate of drug-likeness (QED) is 0.772. The van der Waals surface area contributed by atoms with Crippen LogP contribution >= 0.6 is 0 Å². The maximum absolute atomic E-state index is 4.30. The molecule has 1 heterocycles. The molecule has 0 atom stereocenters. The predicted octanol–water partition coefficient (Wildman–Crippen LogP) is 1.51. The molecule has 4 nitrogen and oxygen atoms in total. The molecule has 0 aliphatic heterocycles. The Kier molecular flexibility index (Phi) is 4.62. The van der Waals surface area contributed by atoms with Crippen LogP contribution in [0.25, 0.3) is 0 Å². The summed E-state index contributed by atoms with van der Waals surface area (Å²) in [6, 6.07) is 0. The Bertz CT molecular complexity index is 251. The smallest absolute Gasteiger partial charge is 0.202 e. The van der Waals surface area contributed by atoms with Crippen LogP contribution < -0.4 is 5.32 Å². The third-order valence-electron chi connectivity index (χ3n) is 2.17. The number of imidazole rings is 1. The molecule has 0 fully saturated rings. The van der Waals surface area contributed by atoms with E-state index < -0.39 is 0 Å². The molecular weight excluding hydrogens is 188 g/mol. The van der Waals surface area contributed by atoms with Crippen LogP contribution in [-0.4, -0.2) is 41.6 Å². The number of aromatic nitrogens is 2. The van der Waals surface area contributed by atoms with Gasteiger partial charge in [0, 0.05) is 32.0 Å². The van der Waals surface area contributed by atoms with Gasteiger partial charge >= 0.3 is 0 Å². The summed E-state index contributed by atoms with van der Waals surface area (Å²) in [7, 11) is 4.16. The molecule has 0 radical (unpaired) electrons.